The van der Waals surface area contributed by atoms with Crippen LogP contribution in [0.1, 0.15) is 18.9 Å². The normalized spacial score (nSPS) is 14.2. The monoisotopic (exact) mass is 336 g/mol. The molecule has 126 valence electrons. The van der Waals surface area contributed by atoms with E-state index in [-0.39, 0.29) is 18.6 Å². The van der Waals surface area contributed by atoms with Gasteiger partial charge in [-0.1, -0.05) is 18.2 Å². The minimum Gasteiger partial charge on any atom is -0.482 e. The molecule has 0 saturated carbocycles. The van der Waals surface area contributed by atoms with E-state index < -0.39 is 0 Å². The molecule has 25 heavy (non-hydrogen) atoms. The van der Waals surface area contributed by atoms with Crippen molar-refractivity contribution in [2.45, 2.75) is 13.0 Å². The summed E-state index contributed by atoms with van der Waals surface area (Å²) in [4.78, 5) is 11.4. The molecular formula is C18H16N4O3. The Morgan fingerprint density at radius 1 is 1.16 bits per heavy atom. The zero-order valence-corrected chi connectivity index (χ0v) is 13.5. The zero-order chi connectivity index (χ0) is 17.2. The van der Waals surface area contributed by atoms with Crippen molar-refractivity contribution in [3.05, 3.63) is 54.4 Å². The molecule has 3 aromatic rings. The van der Waals surface area contributed by atoms with Crippen LogP contribution in [0.4, 0.5) is 11.4 Å². The van der Waals surface area contributed by atoms with Crippen molar-refractivity contribution >= 4 is 17.3 Å². The number of carbonyl (C=O) groups is 1. The van der Waals surface area contributed by atoms with Gasteiger partial charge in [-0.3, -0.25) is 4.79 Å². The van der Waals surface area contributed by atoms with Gasteiger partial charge in [0.1, 0.15) is 11.8 Å². The number of aromatic nitrogens is 2. The van der Waals surface area contributed by atoms with E-state index in [0.29, 0.717) is 23.2 Å². The van der Waals surface area contributed by atoms with Gasteiger partial charge in [-0.25, -0.2) is 0 Å². The van der Waals surface area contributed by atoms with Gasteiger partial charge in [-0.15, -0.1) is 10.2 Å². The summed E-state index contributed by atoms with van der Waals surface area (Å²) in [5, 5.41) is 14.3. The van der Waals surface area contributed by atoms with Gasteiger partial charge in [-0.05, 0) is 37.3 Å². The molecule has 1 aliphatic heterocycles. The number of anilines is 2. The van der Waals surface area contributed by atoms with Gasteiger partial charge < -0.3 is 19.8 Å². The molecule has 0 spiro atoms. The summed E-state index contributed by atoms with van der Waals surface area (Å²) in [6.45, 7) is 1.97. The number of benzene rings is 2. The van der Waals surface area contributed by atoms with E-state index in [1.807, 2.05) is 55.5 Å². The number of nitrogens with one attached hydrogen (secondary N) is 2. The molecule has 2 heterocycles. The highest BCUT2D eigenvalue weighted by Crippen LogP contribution is 2.32. The maximum atomic E-state index is 11.4. The molecule has 1 aromatic heterocycles. The van der Waals surface area contributed by atoms with Gasteiger partial charge in [0, 0.05) is 11.3 Å². The van der Waals surface area contributed by atoms with Crippen LogP contribution in [0.5, 0.6) is 5.75 Å². The zero-order valence-electron chi connectivity index (χ0n) is 13.5. The van der Waals surface area contributed by atoms with E-state index in [1.165, 1.54) is 0 Å². The second-order valence-corrected chi connectivity index (χ2v) is 5.73. The lowest BCUT2D eigenvalue weighted by Crippen LogP contribution is -2.25. The predicted octanol–water partition coefficient (Wildman–Crippen LogP) is 3.24. The highest BCUT2D eigenvalue weighted by Gasteiger charge is 2.18. The third-order valence-electron chi connectivity index (χ3n) is 3.83. The van der Waals surface area contributed by atoms with E-state index in [0.717, 1.165) is 11.3 Å². The van der Waals surface area contributed by atoms with Crippen LogP contribution < -0.4 is 15.4 Å². The fraction of sp³-hybridized carbons (Fsp3) is 0.167. The molecule has 2 aromatic carbocycles. The molecule has 0 saturated heterocycles. The third-order valence-corrected chi connectivity index (χ3v) is 3.83. The molecule has 0 radical (unpaired) electrons. The van der Waals surface area contributed by atoms with Crippen LogP contribution in [-0.2, 0) is 4.79 Å². The quantitative estimate of drug-likeness (QED) is 0.760. The Morgan fingerprint density at radius 3 is 2.84 bits per heavy atom. The van der Waals surface area contributed by atoms with Crippen LogP contribution in [0.15, 0.2) is 52.9 Å². The minimum absolute atomic E-state index is 0.0421. The van der Waals surface area contributed by atoms with E-state index in [2.05, 4.69) is 20.8 Å². The Kier molecular flexibility index (Phi) is 3.81. The Hall–Kier alpha value is -3.35. The van der Waals surface area contributed by atoms with Gasteiger partial charge in [0.25, 0.3) is 5.91 Å². The van der Waals surface area contributed by atoms with Gasteiger partial charge in [0.05, 0.1) is 5.69 Å². The molecule has 0 unspecified atom stereocenters. The molecule has 2 N–H and O–H groups in total. The predicted molar refractivity (Wildman–Crippen MR) is 92.3 cm³/mol. The topological polar surface area (TPSA) is 89.3 Å². The number of hydrogen-bond donors (Lipinski definition) is 2. The first-order valence-corrected chi connectivity index (χ1v) is 7.91. The fourth-order valence-electron chi connectivity index (χ4n) is 2.59. The number of ether oxygens (including phenoxy) is 1. The van der Waals surface area contributed by atoms with E-state index in [1.54, 1.807) is 0 Å². The van der Waals surface area contributed by atoms with E-state index in [4.69, 9.17) is 9.15 Å². The lowest BCUT2D eigenvalue weighted by molar-refractivity contribution is -0.118. The van der Waals surface area contributed by atoms with E-state index >= 15 is 0 Å². The summed E-state index contributed by atoms with van der Waals surface area (Å²) in [6, 6.07) is 14.9. The van der Waals surface area contributed by atoms with Crippen molar-refractivity contribution in [1.29, 1.82) is 0 Å². The van der Waals surface area contributed by atoms with Crippen molar-refractivity contribution in [3.63, 3.8) is 0 Å². The van der Waals surface area contributed by atoms with Crippen molar-refractivity contribution < 1.29 is 13.9 Å². The summed E-state index contributed by atoms with van der Waals surface area (Å²) >= 11 is 0. The Bertz CT molecular complexity index is 908. The molecule has 4 rings (SSSR count). The van der Waals surface area contributed by atoms with Crippen molar-refractivity contribution in [2.24, 2.45) is 0 Å². The molecule has 0 aliphatic carbocycles. The van der Waals surface area contributed by atoms with Crippen LogP contribution >= 0.6 is 0 Å². The molecule has 1 atom stereocenters. The van der Waals surface area contributed by atoms with Crippen molar-refractivity contribution in [2.75, 3.05) is 17.2 Å². The van der Waals surface area contributed by atoms with E-state index in [9.17, 15) is 4.79 Å². The first-order valence-electron chi connectivity index (χ1n) is 7.91. The number of hydrogen-bond acceptors (Lipinski definition) is 6. The molecule has 0 fully saturated rings. The van der Waals surface area contributed by atoms with Crippen LogP contribution in [0, 0.1) is 0 Å². The van der Waals surface area contributed by atoms with Crippen molar-refractivity contribution in [1.82, 2.24) is 10.2 Å². The fourth-order valence-corrected chi connectivity index (χ4v) is 2.59. The van der Waals surface area contributed by atoms with Crippen LogP contribution in [-0.4, -0.2) is 22.7 Å². The minimum atomic E-state index is -0.191. The highest BCUT2D eigenvalue weighted by atomic mass is 16.5. The lowest BCUT2D eigenvalue weighted by atomic mass is 10.2. The Labute approximate surface area is 144 Å². The van der Waals surface area contributed by atoms with Gasteiger partial charge in [0.2, 0.25) is 11.8 Å². The number of fused-ring (bicyclic) bond motifs is 1. The number of rotatable bonds is 4. The van der Waals surface area contributed by atoms with Crippen molar-refractivity contribution in [3.8, 4) is 17.2 Å². The summed E-state index contributed by atoms with van der Waals surface area (Å²) < 4.78 is 11.1. The molecule has 0 bridgehead atoms. The molecule has 1 amide bonds. The standard InChI is InChI=1S/C18H16N4O3/c1-11(17-21-22-18(25-17)12-5-3-2-4-6-12)19-13-7-8-15-14(9-13)20-16(23)10-24-15/h2-9,11,19H,10H2,1H3,(H,20,23)/t11-/m0/s1. The number of nitrogens with zero attached hydrogens (tertiary/aromatic N) is 2. The van der Waals surface area contributed by atoms with Gasteiger partial charge in [-0.2, -0.15) is 0 Å². The number of amides is 1. The average molecular weight is 336 g/mol. The molecule has 7 heteroatoms. The third kappa shape index (κ3) is 3.16. The largest absolute Gasteiger partial charge is 0.482 e. The smallest absolute Gasteiger partial charge is 0.262 e. The Morgan fingerprint density at radius 2 is 2.00 bits per heavy atom. The molecular weight excluding hydrogens is 320 g/mol. The summed E-state index contributed by atoms with van der Waals surface area (Å²) in [6.07, 6.45) is 0. The molecule has 7 nitrogen and oxygen atoms in total. The summed E-state index contributed by atoms with van der Waals surface area (Å²) in [5.74, 6) is 1.45. The van der Waals surface area contributed by atoms with Crippen LogP contribution in [0.25, 0.3) is 11.5 Å². The Balaban J connectivity index is 1.51. The second-order valence-electron chi connectivity index (χ2n) is 5.73. The lowest BCUT2D eigenvalue weighted by Gasteiger charge is -2.19. The highest BCUT2D eigenvalue weighted by molar-refractivity contribution is 5.96. The first kappa shape index (κ1) is 15.2. The maximum Gasteiger partial charge on any atom is 0.262 e. The van der Waals surface area contributed by atoms with Gasteiger partial charge >= 0.3 is 0 Å². The van der Waals surface area contributed by atoms with Crippen LogP contribution in [0.2, 0.25) is 0 Å². The van der Waals surface area contributed by atoms with Gasteiger partial charge in [0.15, 0.2) is 6.61 Å². The maximum absolute atomic E-state index is 11.4. The SMILES string of the molecule is C[C@H](Nc1ccc2c(c1)NC(=O)CO2)c1nnc(-c2ccccc2)o1. The first-order chi connectivity index (χ1) is 12.2. The van der Waals surface area contributed by atoms with Crippen LogP contribution in [0.3, 0.4) is 0 Å². The summed E-state index contributed by atoms with van der Waals surface area (Å²) in [7, 11) is 0. The number of carbonyl (C=O) groups excluding carboxylic acids is 1. The average Bonchev–Trinajstić information content (AvgIpc) is 3.12. The summed E-state index contributed by atoms with van der Waals surface area (Å²) in [5.41, 5.74) is 2.34. The molecule has 1 aliphatic rings. The second kappa shape index (κ2) is 6.27.